The lowest BCUT2D eigenvalue weighted by atomic mass is 9.98. The number of aromatic amines is 1. The molecule has 2 N–H and O–H groups in total. The fourth-order valence-electron chi connectivity index (χ4n) is 6.72. The third kappa shape index (κ3) is 7.42. The molecule has 0 saturated carbocycles. The van der Waals surface area contributed by atoms with E-state index in [-0.39, 0.29) is 37.3 Å². The van der Waals surface area contributed by atoms with E-state index in [9.17, 15) is 14.0 Å². The van der Waals surface area contributed by atoms with Crippen LogP contribution in [0.4, 0.5) is 10.1 Å². The van der Waals surface area contributed by atoms with Gasteiger partial charge in [0.05, 0.1) is 18.7 Å². The molecule has 2 aliphatic heterocycles. The molecule has 13 heteroatoms. The maximum absolute atomic E-state index is 14.4. The number of nitrogens with zero attached hydrogens (tertiary/aromatic N) is 5. The second kappa shape index (κ2) is 15.4. The molecule has 3 aromatic carbocycles. The number of nitrogens with one attached hydrogen (secondary N) is 2. The molecule has 1 atom stereocenters. The molecule has 12 nitrogen and oxygen atoms in total. The van der Waals surface area contributed by atoms with Crippen LogP contribution in [0.5, 0.6) is 5.75 Å². The number of likely N-dealkylation sites (tertiary alicyclic amines) is 1. The van der Waals surface area contributed by atoms with Gasteiger partial charge >= 0.3 is 0 Å². The number of rotatable bonds is 12. The first-order valence-corrected chi connectivity index (χ1v) is 17.2. The smallest absolute Gasteiger partial charge is 0.258 e. The molecular weight excluding hydrogens is 665 g/mol. The lowest BCUT2D eigenvalue weighted by Crippen LogP contribution is -2.48. The molecule has 2 aromatic heterocycles. The Hall–Kier alpha value is -5.50. The normalized spacial score (nSPS) is 17.7. The number of ether oxygens (including phenoxy) is 3. The van der Waals surface area contributed by atoms with Crippen molar-refractivity contribution in [1.82, 2.24) is 30.0 Å². The van der Waals surface area contributed by atoms with Gasteiger partial charge in [-0.3, -0.25) is 19.6 Å². The van der Waals surface area contributed by atoms with Gasteiger partial charge in [-0.05, 0) is 66.4 Å². The molecule has 5 aromatic rings. The lowest BCUT2D eigenvalue weighted by Gasteiger charge is -2.30. The Labute approximate surface area is 300 Å². The molecule has 268 valence electrons. The van der Waals surface area contributed by atoms with Crippen LogP contribution in [-0.2, 0) is 19.1 Å². The van der Waals surface area contributed by atoms with Gasteiger partial charge in [-0.1, -0.05) is 30.3 Å². The zero-order chi connectivity index (χ0) is 36.1. The second-order valence-corrected chi connectivity index (χ2v) is 12.9. The van der Waals surface area contributed by atoms with E-state index in [1.54, 1.807) is 43.8 Å². The molecule has 2 amide bonds. The van der Waals surface area contributed by atoms with E-state index < -0.39 is 11.4 Å². The van der Waals surface area contributed by atoms with E-state index in [4.69, 9.17) is 14.2 Å². The molecule has 7 rings (SSSR count). The number of carbonyl (C=O) groups is 2. The van der Waals surface area contributed by atoms with Gasteiger partial charge < -0.3 is 24.4 Å². The number of H-pyrrole nitrogens is 1. The van der Waals surface area contributed by atoms with Gasteiger partial charge in [-0.2, -0.15) is 5.10 Å². The van der Waals surface area contributed by atoms with Crippen LogP contribution in [0.1, 0.15) is 18.4 Å². The highest BCUT2D eigenvalue weighted by Crippen LogP contribution is 2.33. The second-order valence-electron chi connectivity index (χ2n) is 12.9. The third-order valence-electron chi connectivity index (χ3n) is 9.69. The molecule has 52 heavy (non-hydrogen) atoms. The Kier molecular flexibility index (Phi) is 10.3. The van der Waals surface area contributed by atoms with Gasteiger partial charge in [0.25, 0.3) is 5.91 Å². The zero-order valence-electron chi connectivity index (χ0n) is 29.1. The van der Waals surface area contributed by atoms with Crippen LogP contribution < -0.4 is 10.1 Å². The first kappa shape index (κ1) is 34.9. The molecule has 2 aliphatic rings. The summed E-state index contributed by atoms with van der Waals surface area (Å²) in [4.78, 5) is 39.6. The van der Waals surface area contributed by atoms with Gasteiger partial charge in [0.1, 0.15) is 12.3 Å². The Bertz CT molecular complexity index is 2090. The zero-order valence-corrected chi connectivity index (χ0v) is 29.1. The van der Waals surface area contributed by atoms with E-state index in [2.05, 4.69) is 43.7 Å². The van der Waals surface area contributed by atoms with E-state index in [1.807, 2.05) is 34.1 Å². The molecule has 0 spiro atoms. The Balaban J connectivity index is 0.964. The number of fused-ring (bicyclic) bond motifs is 1. The fourth-order valence-corrected chi connectivity index (χ4v) is 6.72. The van der Waals surface area contributed by atoms with Crippen molar-refractivity contribution in [3.8, 4) is 28.4 Å². The van der Waals surface area contributed by atoms with Gasteiger partial charge in [0.2, 0.25) is 5.91 Å². The number of benzene rings is 3. The van der Waals surface area contributed by atoms with Gasteiger partial charge in [-0.15, -0.1) is 0 Å². The number of aromatic nitrogens is 4. The van der Waals surface area contributed by atoms with Crippen LogP contribution in [0.2, 0.25) is 0 Å². The first-order valence-electron chi connectivity index (χ1n) is 17.2. The van der Waals surface area contributed by atoms with Crippen molar-refractivity contribution in [1.29, 1.82) is 0 Å². The van der Waals surface area contributed by atoms with Crippen molar-refractivity contribution in [3.63, 3.8) is 0 Å². The predicted molar refractivity (Wildman–Crippen MR) is 195 cm³/mol. The summed E-state index contributed by atoms with van der Waals surface area (Å²) in [5.74, 6) is 0.0341. The number of carbonyl (C=O) groups excluding carboxylic acids is 2. The van der Waals surface area contributed by atoms with Gasteiger partial charge in [0.15, 0.2) is 23.0 Å². The summed E-state index contributed by atoms with van der Waals surface area (Å²) in [5, 5.41) is 11.2. The predicted octanol–water partition coefficient (Wildman–Crippen LogP) is 5.20. The maximum Gasteiger partial charge on any atom is 0.258 e. The number of methoxy groups -OCH3 is 2. The van der Waals surface area contributed by atoms with Gasteiger partial charge in [0, 0.05) is 75.0 Å². The molecule has 0 radical (unpaired) electrons. The van der Waals surface area contributed by atoms with Crippen molar-refractivity contribution in [3.05, 3.63) is 96.6 Å². The maximum atomic E-state index is 14.4. The third-order valence-corrected chi connectivity index (χ3v) is 9.69. The lowest BCUT2D eigenvalue weighted by molar-refractivity contribution is -0.138. The van der Waals surface area contributed by atoms with Crippen LogP contribution in [0.25, 0.3) is 39.1 Å². The van der Waals surface area contributed by atoms with Gasteiger partial charge in [-0.25, -0.2) is 14.4 Å². The van der Waals surface area contributed by atoms with Crippen LogP contribution >= 0.6 is 0 Å². The van der Waals surface area contributed by atoms with Crippen LogP contribution in [0.3, 0.4) is 0 Å². The van der Waals surface area contributed by atoms with Crippen molar-refractivity contribution < 1.29 is 28.2 Å². The fraction of sp³-hybridized carbons (Fsp3) is 0.308. The summed E-state index contributed by atoms with van der Waals surface area (Å²) in [6.45, 7) is 2.72. The highest BCUT2D eigenvalue weighted by Gasteiger charge is 2.45. The number of hydrogen-bond donors (Lipinski definition) is 2. The highest BCUT2D eigenvalue weighted by molar-refractivity contribution is 6.01. The summed E-state index contributed by atoms with van der Waals surface area (Å²) in [7, 11) is 3.08. The van der Waals surface area contributed by atoms with Crippen molar-refractivity contribution >= 4 is 34.0 Å². The monoisotopic (exact) mass is 705 g/mol. The molecule has 0 unspecified atom stereocenters. The molecular formula is C39H40FN7O5. The van der Waals surface area contributed by atoms with Crippen molar-refractivity contribution in [2.75, 3.05) is 65.5 Å². The number of halogens is 1. The average molecular weight is 706 g/mol. The highest BCUT2D eigenvalue weighted by atomic mass is 19.1. The molecule has 1 fully saturated rings. The Morgan fingerprint density at radius 3 is 2.50 bits per heavy atom. The van der Waals surface area contributed by atoms with E-state index in [1.165, 1.54) is 18.7 Å². The van der Waals surface area contributed by atoms with Crippen molar-refractivity contribution in [2.45, 2.75) is 18.4 Å². The number of amides is 2. The van der Waals surface area contributed by atoms with E-state index in [0.717, 1.165) is 28.5 Å². The molecule has 4 heterocycles. The number of hydrogen-bond acceptors (Lipinski definition) is 9. The Morgan fingerprint density at radius 2 is 1.75 bits per heavy atom. The summed E-state index contributed by atoms with van der Waals surface area (Å²) in [6, 6.07) is 20.0. The summed E-state index contributed by atoms with van der Waals surface area (Å²) in [6.07, 6.45) is 6.76. The van der Waals surface area contributed by atoms with Crippen LogP contribution in [0.15, 0.2) is 85.2 Å². The standard InChI is InChI=1S/C39H40FN7O5/c1-50-20-21-52-34-22-29(8-10-32(34)40)36-31-23-30(9-11-33(31)44-45-36)43-38(49)39(51-2)14-19-46(25-39)24-35(48)47-17-12-27(13-18-47)26-4-6-28(7-5-26)37-41-15-3-16-42-37/h3-12,15-16,22-23H,13-14,17-21,24-25H2,1-2H3,(H,43,49)(H,44,45)/t39-/m0/s1. The van der Waals surface area contributed by atoms with E-state index in [0.29, 0.717) is 55.4 Å². The van der Waals surface area contributed by atoms with Crippen LogP contribution in [0, 0.1) is 5.82 Å². The largest absolute Gasteiger partial charge is 0.488 e. The SMILES string of the molecule is COCCOc1cc(-c2n[nH]c3ccc(NC(=O)[C@]4(OC)CCN(CC(=O)N5CC=C(c6ccc(-c7ncccn7)cc6)CC5)C4)cc23)ccc1F. The molecule has 1 saturated heterocycles. The summed E-state index contributed by atoms with van der Waals surface area (Å²) >= 11 is 0. The average Bonchev–Trinajstić information content (AvgIpc) is 3.81. The summed E-state index contributed by atoms with van der Waals surface area (Å²) in [5.41, 5.74) is 4.72. The number of anilines is 1. The Morgan fingerprint density at radius 1 is 0.962 bits per heavy atom. The van der Waals surface area contributed by atoms with Crippen LogP contribution in [-0.4, -0.2) is 108 Å². The minimum atomic E-state index is -1.12. The topological polar surface area (TPSA) is 135 Å². The molecule has 0 bridgehead atoms. The minimum Gasteiger partial charge on any atom is -0.488 e. The minimum absolute atomic E-state index is 0.0187. The van der Waals surface area contributed by atoms with E-state index >= 15 is 0 Å². The van der Waals surface area contributed by atoms with Crippen molar-refractivity contribution in [2.24, 2.45) is 0 Å². The molecule has 0 aliphatic carbocycles. The summed E-state index contributed by atoms with van der Waals surface area (Å²) < 4.78 is 30.8. The first-order chi connectivity index (χ1) is 25.4. The quantitative estimate of drug-likeness (QED) is 0.168.